The lowest BCUT2D eigenvalue weighted by Gasteiger charge is -2.38. The molecule has 1 fully saturated rings. The molecule has 1 aliphatic heterocycles. The van der Waals surface area contributed by atoms with E-state index in [1.807, 2.05) is 0 Å². The quantitative estimate of drug-likeness (QED) is 0.737. The monoisotopic (exact) mass is 255 g/mol. The molecule has 0 radical (unpaired) electrons. The molecule has 0 aromatic rings. The second kappa shape index (κ2) is 6.91. The fourth-order valence-electron chi connectivity index (χ4n) is 3.33. The molecule has 1 heterocycles. The third-order valence-electron chi connectivity index (χ3n) is 3.61. The van der Waals surface area contributed by atoms with Gasteiger partial charge in [0.15, 0.2) is 0 Å². The van der Waals surface area contributed by atoms with Gasteiger partial charge in [0, 0.05) is 19.6 Å². The Balaban J connectivity index is 2.49. The molecule has 0 saturated carbocycles. The Kier molecular flexibility index (Phi) is 6.13. The van der Waals surface area contributed by atoms with Gasteiger partial charge in [-0.15, -0.1) is 0 Å². The second-order valence-electron chi connectivity index (χ2n) is 7.40. The summed E-state index contributed by atoms with van der Waals surface area (Å²) >= 11 is 0. The van der Waals surface area contributed by atoms with Gasteiger partial charge in [0.2, 0.25) is 0 Å². The molecular formula is C16H33NO. The first-order valence-electron chi connectivity index (χ1n) is 7.68. The highest BCUT2D eigenvalue weighted by atomic mass is 16.5. The van der Waals surface area contributed by atoms with Crippen molar-refractivity contribution in [1.82, 2.24) is 4.90 Å². The van der Waals surface area contributed by atoms with Crippen molar-refractivity contribution in [3.05, 3.63) is 0 Å². The van der Waals surface area contributed by atoms with Crippen molar-refractivity contribution >= 4 is 0 Å². The largest absolute Gasteiger partial charge is 0.373 e. The molecule has 1 aliphatic rings. The summed E-state index contributed by atoms with van der Waals surface area (Å²) in [5.41, 5.74) is 0.448. The van der Waals surface area contributed by atoms with Gasteiger partial charge in [0.1, 0.15) is 0 Å². The maximum absolute atomic E-state index is 5.82. The molecule has 0 bridgehead atoms. The highest BCUT2D eigenvalue weighted by Gasteiger charge is 2.26. The minimum atomic E-state index is 0.394. The van der Waals surface area contributed by atoms with E-state index in [1.54, 1.807) is 0 Å². The molecule has 0 N–H and O–H groups in total. The van der Waals surface area contributed by atoms with Gasteiger partial charge in [-0.2, -0.15) is 0 Å². The van der Waals surface area contributed by atoms with Gasteiger partial charge in [-0.05, 0) is 38.0 Å². The fourth-order valence-corrected chi connectivity index (χ4v) is 3.33. The third kappa shape index (κ3) is 6.19. The number of morpholine rings is 1. The summed E-state index contributed by atoms with van der Waals surface area (Å²) in [5, 5.41) is 0. The van der Waals surface area contributed by atoms with Crippen molar-refractivity contribution in [2.24, 2.45) is 11.3 Å². The molecule has 1 saturated heterocycles. The first kappa shape index (κ1) is 16.0. The smallest absolute Gasteiger partial charge is 0.0678 e. The summed E-state index contributed by atoms with van der Waals surface area (Å²) in [7, 11) is 0. The van der Waals surface area contributed by atoms with Gasteiger partial charge < -0.3 is 4.74 Å². The average Bonchev–Trinajstić information content (AvgIpc) is 2.12. The van der Waals surface area contributed by atoms with E-state index in [4.69, 9.17) is 4.74 Å². The van der Waals surface area contributed by atoms with Crippen molar-refractivity contribution in [2.45, 2.75) is 73.0 Å². The van der Waals surface area contributed by atoms with Crippen LogP contribution in [0.3, 0.4) is 0 Å². The normalized spacial score (nSPS) is 28.3. The van der Waals surface area contributed by atoms with E-state index < -0.39 is 0 Å². The van der Waals surface area contributed by atoms with Gasteiger partial charge in [-0.1, -0.05) is 34.1 Å². The van der Waals surface area contributed by atoms with Gasteiger partial charge in [-0.3, -0.25) is 4.90 Å². The van der Waals surface area contributed by atoms with Crippen LogP contribution in [0.15, 0.2) is 0 Å². The van der Waals surface area contributed by atoms with Crippen LogP contribution in [-0.2, 0) is 4.74 Å². The van der Waals surface area contributed by atoms with Gasteiger partial charge >= 0.3 is 0 Å². The molecule has 1 unspecified atom stereocenters. The topological polar surface area (TPSA) is 12.5 Å². The summed E-state index contributed by atoms with van der Waals surface area (Å²) in [5.74, 6) is 0.840. The Hall–Kier alpha value is -0.0800. The highest BCUT2D eigenvalue weighted by Crippen LogP contribution is 2.28. The van der Waals surface area contributed by atoms with E-state index in [0.717, 1.165) is 19.0 Å². The lowest BCUT2D eigenvalue weighted by Crippen LogP contribution is -2.47. The van der Waals surface area contributed by atoms with Crippen LogP contribution in [0.25, 0.3) is 0 Å². The first-order valence-corrected chi connectivity index (χ1v) is 7.68. The van der Waals surface area contributed by atoms with E-state index in [9.17, 15) is 0 Å². The van der Waals surface area contributed by atoms with Crippen LogP contribution in [0.5, 0.6) is 0 Å². The van der Waals surface area contributed by atoms with Gasteiger partial charge in [0.25, 0.3) is 0 Å². The van der Waals surface area contributed by atoms with Crippen molar-refractivity contribution in [3.63, 3.8) is 0 Å². The summed E-state index contributed by atoms with van der Waals surface area (Å²) in [4.78, 5) is 2.62. The van der Waals surface area contributed by atoms with E-state index in [1.165, 1.54) is 25.8 Å². The van der Waals surface area contributed by atoms with Crippen LogP contribution >= 0.6 is 0 Å². The van der Waals surface area contributed by atoms with Crippen molar-refractivity contribution in [1.29, 1.82) is 0 Å². The molecule has 0 aliphatic carbocycles. The third-order valence-corrected chi connectivity index (χ3v) is 3.61. The predicted octanol–water partition coefficient (Wildman–Crippen LogP) is 3.95. The maximum Gasteiger partial charge on any atom is 0.0678 e. The van der Waals surface area contributed by atoms with E-state index >= 15 is 0 Å². The molecule has 2 heteroatoms. The number of hydrogen-bond donors (Lipinski definition) is 0. The van der Waals surface area contributed by atoms with Crippen molar-refractivity contribution in [2.75, 3.05) is 19.6 Å². The summed E-state index contributed by atoms with van der Waals surface area (Å²) in [6, 6.07) is 0. The van der Waals surface area contributed by atoms with Gasteiger partial charge in [-0.25, -0.2) is 0 Å². The van der Waals surface area contributed by atoms with Gasteiger partial charge in [0.05, 0.1) is 12.2 Å². The number of hydrogen-bond acceptors (Lipinski definition) is 2. The molecule has 0 aromatic heterocycles. The van der Waals surface area contributed by atoms with Crippen molar-refractivity contribution < 1.29 is 4.74 Å². The number of rotatable bonds is 5. The first-order chi connectivity index (χ1) is 8.30. The average molecular weight is 255 g/mol. The fraction of sp³-hybridized carbons (Fsp3) is 1.00. The Labute approximate surface area is 114 Å². The van der Waals surface area contributed by atoms with Crippen LogP contribution in [0.2, 0.25) is 0 Å². The molecule has 0 amide bonds. The lowest BCUT2D eigenvalue weighted by atomic mass is 9.82. The summed E-state index contributed by atoms with van der Waals surface area (Å²) < 4.78 is 5.82. The number of ether oxygens (including phenoxy) is 1. The summed E-state index contributed by atoms with van der Waals surface area (Å²) in [6.07, 6.45) is 4.78. The minimum absolute atomic E-state index is 0.394. The zero-order valence-corrected chi connectivity index (χ0v) is 13.3. The van der Waals surface area contributed by atoms with E-state index in [-0.39, 0.29) is 0 Å². The molecule has 2 nitrogen and oxygen atoms in total. The highest BCUT2D eigenvalue weighted by molar-refractivity contribution is 4.78. The molecule has 0 aromatic carbocycles. The van der Waals surface area contributed by atoms with E-state index in [0.29, 0.717) is 17.6 Å². The van der Waals surface area contributed by atoms with E-state index in [2.05, 4.69) is 46.4 Å². The van der Waals surface area contributed by atoms with Crippen LogP contribution in [0.4, 0.5) is 0 Å². The number of nitrogens with zero attached hydrogens (tertiary/aromatic N) is 1. The standard InChI is InChI=1S/C16H33NO/c1-7-8-15(9-16(4,5)6)12-17-10-13(2)18-14(3)11-17/h13-15H,7-12H2,1-6H3/t13-,14-,15?/m0/s1. The molecule has 3 atom stereocenters. The molecular weight excluding hydrogens is 222 g/mol. The second-order valence-corrected chi connectivity index (χ2v) is 7.40. The Morgan fingerprint density at radius 1 is 1.17 bits per heavy atom. The zero-order chi connectivity index (χ0) is 13.8. The maximum atomic E-state index is 5.82. The SMILES string of the molecule is CCCC(CN1C[C@H](C)O[C@@H](C)C1)CC(C)(C)C. The summed E-state index contributed by atoms with van der Waals surface area (Å²) in [6.45, 7) is 17.2. The predicted molar refractivity (Wildman–Crippen MR) is 78.9 cm³/mol. The minimum Gasteiger partial charge on any atom is -0.373 e. The Morgan fingerprint density at radius 2 is 1.72 bits per heavy atom. The van der Waals surface area contributed by atoms with Crippen molar-refractivity contribution in [3.8, 4) is 0 Å². The van der Waals surface area contributed by atoms with Crippen LogP contribution in [0.1, 0.15) is 60.8 Å². The molecule has 0 spiro atoms. The molecule has 18 heavy (non-hydrogen) atoms. The molecule has 108 valence electrons. The van der Waals surface area contributed by atoms with Crippen LogP contribution in [-0.4, -0.2) is 36.7 Å². The zero-order valence-electron chi connectivity index (χ0n) is 13.3. The molecule has 1 rings (SSSR count). The lowest BCUT2D eigenvalue weighted by molar-refractivity contribution is -0.0727. The Bertz CT molecular complexity index is 224. The van der Waals surface area contributed by atoms with Crippen LogP contribution < -0.4 is 0 Å². The van der Waals surface area contributed by atoms with Crippen LogP contribution in [0, 0.1) is 11.3 Å². The Morgan fingerprint density at radius 3 is 2.17 bits per heavy atom.